The van der Waals surface area contributed by atoms with E-state index in [0.29, 0.717) is 37.0 Å². The van der Waals surface area contributed by atoms with Gasteiger partial charge < -0.3 is 24.1 Å². The number of piperazine rings is 1. The van der Waals surface area contributed by atoms with Crippen molar-refractivity contribution in [3.8, 4) is 11.5 Å². The molecule has 1 aromatic heterocycles. The fourth-order valence-electron chi connectivity index (χ4n) is 3.90. The minimum Gasteiger partial charge on any atom is -0.493 e. The summed E-state index contributed by atoms with van der Waals surface area (Å²) in [5.74, 6) is 1.25. The predicted octanol–water partition coefficient (Wildman–Crippen LogP) is 4.33. The molecule has 0 unspecified atom stereocenters. The van der Waals surface area contributed by atoms with Crippen LogP contribution in [0.3, 0.4) is 0 Å². The number of carbonyl (C=O) groups is 1. The lowest BCUT2D eigenvalue weighted by Crippen LogP contribution is -2.45. The molecule has 2 N–H and O–H groups in total. The maximum atomic E-state index is 12.4. The number of para-hydroxylation sites is 1. The van der Waals surface area contributed by atoms with Crippen LogP contribution in [0.1, 0.15) is 19.0 Å². The SMILES string of the molecule is CCCOc1cc(NC(=O)OCCN2CCN(C)CC2)cc(OCc2cc3ccccc3[nH]2)c1. The van der Waals surface area contributed by atoms with E-state index in [1.54, 1.807) is 12.1 Å². The molecule has 1 saturated heterocycles. The van der Waals surface area contributed by atoms with Gasteiger partial charge in [-0.1, -0.05) is 25.1 Å². The van der Waals surface area contributed by atoms with Gasteiger partial charge in [0.1, 0.15) is 24.7 Å². The zero-order valence-corrected chi connectivity index (χ0v) is 20.0. The van der Waals surface area contributed by atoms with Crippen LogP contribution >= 0.6 is 0 Å². The largest absolute Gasteiger partial charge is 0.493 e. The van der Waals surface area contributed by atoms with E-state index in [1.165, 1.54) is 0 Å². The van der Waals surface area contributed by atoms with E-state index in [1.807, 2.05) is 31.2 Å². The minimum atomic E-state index is -0.483. The van der Waals surface area contributed by atoms with Gasteiger partial charge in [0.05, 0.1) is 18.0 Å². The molecule has 4 rings (SSSR count). The minimum absolute atomic E-state index is 0.352. The van der Waals surface area contributed by atoms with E-state index >= 15 is 0 Å². The highest BCUT2D eigenvalue weighted by Crippen LogP contribution is 2.27. The quantitative estimate of drug-likeness (QED) is 0.463. The molecule has 1 amide bonds. The van der Waals surface area contributed by atoms with Crippen LogP contribution in [0.5, 0.6) is 11.5 Å². The maximum Gasteiger partial charge on any atom is 0.411 e. The molecule has 0 aliphatic carbocycles. The van der Waals surface area contributed by atoms with E-state index in [0.717, 1.165) is 55.7 Å². The Morgan fingerprint density at radius 2 is 1.76 bits per heavy atom. The number of rotatable bonds is 10. The third-order valence-electron chi connectivity index (χ3n) is 5.82. The summed E-state index contributed by atoms with van der Waals surface area (Å²) >= 11 is 0. The van der Waals surface area contributed by atoms with Crippen LogP contribution in [0.15, 0.2) is 48.5 Å². The second-order valence-corrected chi connectivity index (χ2v) is 8.62. The Morgan fingerprint density at radius 1 is 1.00 bits per heavy atom. The number of aromatic nitrogens is 1. The van der Waals surface area contributed by atoms with Crippen LogP contribution in [-0.4, -0.2) is 73.9 Å². The Bertz CT molecular complexity index is 1040. The molecule has 34 heavy (non-hydrogen) atoms. The number of likely N-dealkylation sites (N-methyl/N-ethyl adjacent to an activating group) is 1. The molecule has 0 saturated carbocycles. The van der Waals surface area contributed by atoms with Crippen LogP contribution in [0.2, 0.25) is 0 Å². The van der Waals surface area contributed by atoms with Gasteiger partial charge >= 0.3 is 6.09 Å². The molecule has 2 heterocycles. The maximum absolute atomic E-state index is 12.4. The molecule has 8 nitrogen and oxygen atoms in total. The van der Waals surface area contributed by atoms with Crippen molar-refractivity contribution in [2.75, 3.05) is 58.3 Å². The number of fused-ring (bicyclic) bond motifs is 1. The highest BCUT2D eigenvalue weighted by molar-refractivity contribution is 5.85. The van der Waals surface area contributed by atoms with Gasteiger partial charge in [-0.3, -0.25) is 10.2 Å². The Morgan fingerprint density at radius 3 is 2.53 bits per heavy atom. The predicted molar refractivity (Wildman–Crippen MR) is 134 cm³/mol. The third kappa shape index (κ3) is 6.88. The molecular weight excluding hydrogens is 432 g/mol. The number of nitrogens with zero attached hydrogens (tertiary/aromatic N) is 2. The fourth-order valence-corrected chi connectivity index (χ4v) is 3.90. The number of hydrogen-bond donors (Lipinski definition) is 2. The molecule has 2 aromatic carbocycles. The van der Waals surface area contributed by atoms with Crippen LogP contribution < -0.4 is 14.8 Å². The Balaban J connectivity index is 1.33. The summed E-state index contributed by atoms with van der Waals surface area (Å²) in [6, 6.07) is 15.6. The summed E-state index contributed by atoms with van der Waals surface area (Å²) < 4.78 is 17.2. The Labute approximate surface area is 200 Å². The van der Waals surface area contributed by atoms with E-state index < -0.39 is 6.09 Å². The average molecular weight is 467 g/mol. The molecule has 3 aromatic rings. The molecule has 0 radical (unpaired) electrons. The van der Waals surface area contributed by atoms with E-state index in [9.17, 15) is 4.79 Å². The second kappa shape index (κ2) is 11.8. The Kier molecular flexibility index (Phi) is 8.27. The number of amides is 1. The highest BCUT2D eigenvalue weighted by atomic mass is 16.5. The first-order valence-corrected chi connectivity index (χ1v) is 11.9. The van der Waals surface area contributed by atoms with Crippen molar-refractivity contribution in [1.82, 2.24) is 14.8 Å². The fraction of sp³-hybridized carbons (Fsp3) is 0.423. The summed E-state index contributed by atoms with van der Waals surface area (Å²) in [5, 5.41) is 3.95. The van der Waals surface area contributed by atoms with Crippen LogP contribution in [0, 0.1) is 0 Å². The first-order chi connectivity index (χ1) is 16.6. The number of anilines is 1. The summed E-state index contributed by atoms with van der Waals surface area (Å²) in [4.78, 5) is 20.3. The topological polar surface area (TPSA) is 79.1 Å². The van der Waals surface area contributed by atoms with Crippen LogP contribution in [-0.2, 0) is 11.3 Å². The molecule has 8 heteroatoms. The van der Waals surface area contributed by atoms with E-state index in [-0.39, 0.29) is 0 Å². The van der Waals surface area contributed by atoms with Gasteiger partial charge in [-0.05, 0) is 31.0 Å². The molecule has 182 valence electrons. The number of carbonyl (C=O) groups excluding carboxylic acids is 1. The van der Waals surface area contributed by atoms with Crippen molar-refractivity contribution in [2.24, 2.45) is 0 Å². The van der Waals surface area contributed by atoms with Gasteiger partial charge in [-0.15, -0.1) is 0 Å². The number of benzene rings is 2. The summed E-state index contributed by atoms with van der Waals surface area (Å²) in [5.41, 5.74) is 2.62. The van der Waals surface area contributed by atoms with Crippen molar-refractivity contribution in [1.29, 1.82) is 0 Å². The van der Waals surface area contributed by atoms with E-state index in [2.05, 4.69) is 39.3 Å². The molecule has 1 fully saturated rings. The number of H-pyrrole nitrogens is 1. The number of ether oxygens (including phenoxy) is 3. The molecule has 1 aliphatic rings. The van der Waals surface area contributed by atoms with Crippen molar-refractivity contribution in [3.05, 3.63) is 54.2 Å². The second-order valence-electron chi connectivity index (χ2n) is 8.62. The monoisotopic (exact) mass is 466 g/mol. The lowest BCUT2D eigenvalue weighted by atomic mass is 10.2. The van der Waals surface area contributed by atoms with Crippen molar-refractivity contribution in [3.63, 3.8) is 0 Å². The van der Waals surface area contributed by atoms with Crippen LogP contribution in [0.25, 0.3) is 10.9 Å². The number of aromatic amines is 1. The first-order valence-electron chi connectivity index (χ1n) is 11.9. The highest BCUT2D eigenvalue weighted by Gasteiger charge is 2.14. The van der Waals surface area contributed by atoms with Crippen LogP contribution in [0.4, 0.5) is 10.5 Å². The van der Waals surface area contributed by atoms with Crippen molar-refractivity contribution in [2.45, 2.75) is 20.0 Å². The lowest BCUT2D eigenvalue weighted by molar-refractivity contribution is 0.111. The molecule has 1 aliphatic heterocycles. The molecule has 0 spiro atoms. The van der Waals surface area contributed by atoms with Gasteiger partial charge in [0.2, 0.25) is 0 Å². The average Bonchev–Trinajstić information content (AvgIpc) is 3.26. The standard InChI is InChI=1S/C26H34N4O4/c1-3-13-32-23-16-21(28-26(31)33-14-12-30-10-8-29(2)9-11-30)17-24(18-23)34-19-22-15-20-6-4-5-7-25(20)27-22/h4-7,15-18,27H,3,8-14,19H2,1-2H3,(H,28,31). The first kappa shape index (κ1) is 23.9. The van der Waals surface area contributed by atoms with Gasteiger partial charge in [0, 0.05) is 56.4 Å². The van der Waals surface area contributed by atoms with Gasteiger partial charge in [0.25, 0.3) is 0 Å². The zero-order valence-electron chi connectivity index (χ0n) is 20.0. The third-order valence-corrected chi connectivity index (χ3v) is 5.82. The molecular formula is C26H34N4O4. The summed E-state index contributed by atoms with van der Waals surface area (Å²) in [6.45, 7) is 8.17. The number of nitrogens with one attached hydrogen (secondary N) is 2. The molecule has 0 atom stereocenters. The van der Waals surface area contributed by atoms with Gasteiger partial charge in [-0.25, -0.2) is 4.79 Å². The Hall–Kier alpha value is -3.23. The zero-order chi connectivity index (χ0) is 23.8. The van der Waals surface area contributed by atoms with Crippen molar-refractivity contribution < 1.29 is 19.0 Å². The van der Waals surface area contributed by atoms with Gasteiger partial charge in [0.15, 0.2) is 0 Å². The smallest absolute Gasteiger partial charge is 0.411 e. The van der Waals surface area contributed by atoms with E-state index in [4.69, 9.17) is 14.2 Å². The van der Waals surface area contributed by atoms with Crippen molar-refractivity contribution >= 4 is 22.7 Å². The lowest BCUT2D eigenvalue weighted by Gasteiger charge is -2.31. The summed E-state index contributed by atoms with van der Waals surface area (Å²) in [6.07, 6.45) is 0.403. The van der Waals surface area contributed by atoms with Gasteiger partial charge in [-0.2, -0.15) is 0 Å². The number of hydrogen-bond acceptors (Lipinski definition) is 6. The molecule has 0 bridgehead atoms. The summed E-state index contributed by atoms with van der Waals surface area (Å²) in [7, 11) is 2.12. The normalized spacial score (nSPS) is 14.8.